The molecule has 0 saturated heterocycles. The fourth-order valence-corrected chi connectivity index (χ4v) is 3.07. The Bertz CT molecular complexity index is 548. The Balaban J connectivity index is 0.00000361. The minimum Gasteiger partial charge on any atom is -0.548 e. The van der Waals surface area contributed by atoms with E-state index in [2.05, 4.69) is 15.9 Å². The zero-order valence-corrected chi connectivity index (χ0v) is 15.5. The molecule has 0 bridgehead atoms. The maximum Gasteiger partial charge on any atom is 1.00 e. The van der Waals surface area contributed by atoms with Gasteiger partial charge in [0, 0.05) is 11.1 Å². The zero-order chi connectivity index (χ0) is 14.6. The van der Waals surface area contributed by atoms with E-state index in [1.165, 1.54) is 12.1 Å². The summed E-state index contributed by atoms with van der Waals surface area (Å²) in [6.45, 7) is -0.457. The van der Waals surface area contributed by atoms with E-state index in [0.717, 1.165) is 15.0 Å². The summed E-state index contributed by atoms with van der Waals surface area (Å²) in [5.74, 6) is -1.55. The van der Waals surface area contributed by atoms with Crippen LogP contribution in [0.15, 0.2) is 28.7 Å². The molecule has 0 amide bonds. The van der Waals surface area contributed by atoms with Crippen LogP contribution >= 0.6 is 15.9 Å². The quantitative estimate of drug-likeness (QED) is 0.527. The number of halogens is 1. The number of anilines is 1. The molecule has 1 unspecified atom stereocenters. The van der Waals surface area contributed by atoms with Gasteiger partial charge in [0.1, 0.15) is 0 Å². The summed E-state index contributed by atoms with van der Waals surface area (Å²) in [6.07, 6.45) is 0.661. The molecule has 1 atom stereocenters. The molecule has 9 heteroatoms. The number of carbonyl (C=O) groups is 1. The van der Waals surface area contributed by atoms with Gasteiger partial charge in [-0.25, -0.2) is 8.42 Å². The van der Waals surface area contributed by atoms with Crippen molar-refractivity contribution < 1.29 is 53.0 Å². The maximum absolute atomic E-state index is 11.8. The molecule has 0 aliphatic rings. The Hall–Kier alpha value is -0.120. The molecule has 0 aliphatic heterocycles. The number of sulfonamides is 1. The average molecular weight is 374 g/mol. The van der Waals surface area contributed by atoms with Crippen LogP contribution in [0.1, 0.15) is 6.42 Å². The van der Waals surface area contributed by atoms with Gasteiger partial charge in [-0.05, 0) is 30.7 Å². The summed E-state index contributed by atoms with van der Waals surface area (Å²) in [5, 5.41) is 20.0. The number of aliphatic carboxylic acids is 1. The van der Waals surface area contributed by atoms with E-state index < -0.39 is 28.6 Å². The first kappa shape index (κ1) is 19.9. The van der Waals surface area contributed by atoms with Gasteiger partial charge in [-0.15, -0.1) is 0 Å². The summed E-state index contributed by atoms with van der Waals surface area (Å²) in [4.78, 5) is 11.1. The third kappa shape index (κ3) is 5.34. The minimum absolute atomic E-state index is 0. The second-order valence-corrected chi connectivity index (χ2v) is 6.66. The molecular formula is C11H13BrNNaO5S. The first-order chi connectivity index (χ1) is 8.77. The molecule has 0 saturated carbocycles. The second kappa shape index (κ2) is 8.35. The van der Waals surface area contributed by atoms with Crippen molar-refractivity contribution in [1.82, 2.24) is 0 Å². The van der Waals surface area contributed by atoms with Crippen molar-refractivity contribution in [3.63, 3.8) is 0 Å². The van der Waals surface area contributed by atoms with Gasteiger partial charge >= 0.3 is 29.6 Å². The standard InChI is InChI=1S/C11H14BrNO5S.Na/c1-19(17,18)13(10(6-7-14)11(15)16)9-4-2-8(12)3-5-9;/h2-5,10,14H,6-7H2,1H3,(H,15,16);/q;+1/p-1. The number of hydrogen-bond acceptors (Lipinski definition) is 5. The van der Waals surface area contributed by atoms with Crippen molar-refractivity contribution in [3.8, 4) is 0 Å². The minimum atomic E-state index is -3.81. The van der Waals surface area contributed by atoms with Crippen LogP contribution in [-0.4, -0.2) is 38.4 Å². The van der Waals surface area contributed by atoms with Crippen LogP contribution in [0.25, 0.3) is 0 Å². The van der Waals surface area contributed by atoms with Crippen LogP contribution in [0.3, 0.4) is 0 Å². The van der Waals surface area contributed by atoms with Gasteiger partial charge in [-0.3, -0.25) is 4.31 Å². The molecule has 6 nitrogen and oxygen atoms in total. The number of rotatable bonds is 6. The Morgan fingerprint density at radius 1 is 1.40 bits per heavy atom. The monoisotopic (exact) mass is 373 g/mol. The van der Waals surface area contributed by atoms with Gasteiger partial charge in [0.25, 0.3) is 0 Å². The van der Waals surface area contributed by atoms with E-state index in [1.807, 2.05) is 0 Å². The van der Waals surface area contributed by atoms with Crippen LogP contribution in [0.5, 0.6) is 0 Å². The van der Waals surface area contributed by atoms with Crippen molar-refractivity contribution in [3.05, 3.63) is 28.7 Å². The smallest absolute Gasteiger partial charge is 0.548 e. The molecule has 20 heavy (non-hydrogen) atoms. The molecule has 1 rings (SSSR count). The van der Waals surface area contributed by atoms with Crippen LogP contribution in [0.2, 0.25) is 0 Å². The average Bonchev–Trinajstić information content (AvgIpc) is 2.29. The first-order valence-electron chi connectivity index (χ1n) is 5.34. The SMILES string of the molecule is CS(=O)(=O)N(c1ccc(Br)cc1)C(CCO)C(=O)[O-].[Na+]. The van der Waals surface area contributed by atoms with E-state index in [0.29, 0.717) is 0 Å². The summed E-state index contributed by atoms with van der Waals surface area (Å²) in [5.41, 5.74) is 0.202. The maximum atomic E-state index is 11.8. The molecule has 0 aliphatic carbocycles. The molecule has 0 radical (unpaired) electrons. The molecule has 1 aromatic rings. The molecule has 1 aromatic carbocycles. The number of carboxylic acid groups (broad SMARTS) is 1. The summed E-state index contributed by atoms with van der Waals surface area (Å²) in [7, 11) is -3.81. The van der Waals surface area contributed by atoms with Gasteiger partial charge in [0.2, 0.25) is 10.0 Å². The van der Waals surface area contributed by atoms with Crippen LogP contribution in [0, 0.1) is 0 Å². The van der Waals surface area contributed by atoms with Gasteiger partial charge < -0.3 is 15.0 Å². The zero-order valence-electron chi connectivity index (χ0n) is 11.1. The van der Waals surface area contributed by atoms with E-state index in [9.17, 15) is 18.3 Å². The number of hydrogen-bond donors (Lipinski definition) is 1. The third-order valence-electron chi connectivity index (χ3n) is 2.40. The summed E-state index contributed by atoms with van der Waals surface area (Å²) < 4.78 is 25.0. The van der Waals surface area contributed by atoms with Crippen LogP contribution < -0.4 is 39.0 Å². The Morgan fingerprint density at radius 3 is 2.25 bits per heavy atom. The summed E-state index contributed by atoms with van der Waals surface area (Å²) >= 11 is 3.21. The van der Waals surface area contributed by atoms with E-state index >= 15 is 0 Å². The molecule has 1 N–H and O–H groups in total. The largest absolute Gasteiger partial charge is 1.00 e. The van der Waals surface area contributed by atoms with E-state index in [4.69, 9.17) is 5.11 Å². The Labute approximate surface area is 148 Å². The first-order valence-corrected chi connectivity index (χ1v) is 7.98. The number of nitrogens with zero attached hydrogens (tertiary/aromatic N) is 1. The number of aliphatic hydroxyl groups is 1. The van der Waals surface area contributed by atoms with Crippen molar-refractivity contribution in [2.45, 2.75) is 12.5 Å². The van der Waals surface area contributed by atoms with Crippen molar-refractivity contribution in [2.24, 2.45) is 0 Å². The number of carbonyl (C=O) groups excluding carboxylic acids is 1. The van der Waals surface area contributed by atoms with Crippen molar-refractivity contribution in [1.29, 1.82) is 0 Å². The predicted molar refractivity (Wildman–Crippen MR) is 72.0 cm³/mol. The van der Waals surface area contributed by atoms with Crippen molar-refractivity contribution in [2.75, 3.05) is 17.2 Å². The molecule has 106 valence electrons. The molecule has 0 spiro atoms. The van der Waals surface area contributed by atoms with Crippen molar-refractivity contribution >= 4 is 37.6 Å². The number of aliphatic hydroxyl groups excluding tert-OH is 1. The van der Waals surface area contributed by atoms with Crippen LogP contribution in [0.4, 0.5) is 5.69 Å². The molecule has 0 fully saturated rings. The topological polar surface area (TPSA) is 97.7 Å². The third-order valence-corrected chi connectivity index (χ3v) is 4.10. The predicted octanol–water partition coefficient (Wildman–Crippen LogP) is -3.28. The Kier molecular flexibility index (Phi) is 8.30. The second-order valence-electron chi connectivity index (χ2n) is 3.88. The number of benzene rings is 1. The normalized spacial score (nSPS) is 12.3. The Morgan fingerprint density at radius 2 is 1.90 bits per heavy atom. The molecule has 0 heterocycles. The van der Waals surface area contributed by atoms with E-state index in [-0.39, 0.29) is 41.7 Å². The molecule has 0 aromatic heterocycles. The van der Waals surface area contributed by atoms with E-state index in [1.54, 1.807) is 12.1 Å². The van der Waals surface area contributed by atoms with Gasteiger partial charge in [-0.2, -0.15) is 0 Å². The summed E-state index contributed by atoms with van der Waals surface area (Å²) in [6, 6.07) is 4.69. The van der Waals surface area contributed by atoms with Crippen LogP contribution in [-0.2, 0) is 14.8 Å². The van der Waals surface area contributed by atoms with Gasteiger partial charge in [-0.1, -0.05) is 15.9 Å². The number of carboxylic acids is 1. The van der Waals surface area contributed by atoms with Gasteiger partial charge in [0.05, 0.1) is 24.0 Å². The fraction of sp³-hybridized carbons (Fsp3) is 0.364. The van der Waals surface area contributed by atoms with Gasteiger partial charge in [0.15, 0.2) is 0 Å². The molecular weight excluding hydrogens is 361 g/mol. The fourth-order valence-electron chi connectivity index (χ4n) is 1.64.